The summed E-state index contributed by atoms with van der Waals surface area (Å²) in [5, 5.41) is 11.1. The zero-order valence-corrected chi connectivity index (χ0v) is 17.0. The van der Waals surface area contributed by atoms with Crippen molar-refractivity contribution in [1.82, 2.24) is 9.96 Å². The highest BCUT2D eigenvalue weighted by Gasteiger charge is 2.37. The van der Waals surface area contributed by atoms with Crippen LogP contribution < -0.4 is 0 Å². The van der Waals surface area contributed by atoms with Gasteiger partial charge in [0.2, 0.25) is 0 Å². The summed E-state index contributed by atoms with van der Waals surface area (Å²) in [6, 6.07) is 8.89. The molecule has 3 nitrogen and oxygen atoms in total. The van der Waals surface area contributed by atoms with Crippen molar-refractivity contribution in [3.8, 4) is 0 Å². The third-order valence-corrected chi connectivity index (χ3v) is 6.48. The van der Waals surface area contributed by atoms with E-state index in [2.05, 4.69) is 49.9 Å². The molecule has 0 aliphatic carbocycles. The Morgan fingerprint density at radius 2 is 2.08 bits per heavy atom. The molecule has 0 aromatic heterocycles. The smallest absolute Gasteiger partial charge is 0.0568 e. The summed E-state index contributed by atoms with van der Waals surface area (Å²) in [7, 11) is 1.72. The van der Waals surface area contributed by atoms with Gasteiger partial charge in [0.05, 0.1) is 6.04 Å². The van der Waals surface area contributed by atoms with E-state index in [-0.39, 0.29) is 11.5 Å². The van der Waals surface area contributed by atoms with Crippen LogP contribution >= 0.6 is 0 Å². The maximum absolute atomic E-state index is 9.77. The quantitative estimate of drug-likeness (QED) is 0.514. The molecule has 142 valence electrons. The van der Waals surface area contributed by atoms with Gasteiger partial charge in [-0.3, -0.25) is 0 Å². The molecule has 1 N–H and O–H groups in total. The first-order valence-corrected chi connectivity index (χ1v) is 10.1. The van der Waals surface area contributed by atoms with Gasteiger partial charge in [0, 0.05) is 13.6 Å². The van der Waals surface area contributed by atoms with Crippen LogP contribution in [0.15, 0.2) is 24.3 Å². The summed E-state index contributed by atoms with van der Waals surface area (Å²) < 4.78 is 0. The lowest BCUT2D eigenvalue weighted by atomic mass is 9.67. The Morgan fingerprint density at radius 1 is 1.32 bits per heavy atom. The van der Waals surface area contributed by atoms with E-state index in [9.17, 15) is 5.21 Å². The van der Waals surface area contributed by atoms with Crippen molar-refractivity contribution in [2.24, 2.45) is 5.92 Å². The van der Waals surface area contributed by atoms with Gasteiger partial charge in [-0.15, -0.1) is 0 Å². The van der Waals surface area contributed by atoms with Crippen LogP contribution in [0.2, 0.25) is 0 Å². The maximum Gasteiger partial charge on any atom is 0.0568 e. The van der Waals surface area contributed by atoms with Gasteiger partial charge < -0.3 is 10.1 Å². The minimum Gasteiger partial charge on any atom is -0.314 e. The monoisotopic (exact) mass is 346 g/mol. The summed E-state index contributed by atoms with van der Waals surface area (Å²) >= 11 is 0. The van der Waals surface area contributed by atoms with Crippen molar-refractivity contribution >= 4 is 0 Å². The first-order chi connectivity index (χ1) is 11.9. The molecular formula is C22H38N2O. The zero-order chi connectivity index (χ0) is 18.4. The first kappa shape index (κ1) is 20.4. The highest BCUT2D eigenvalue weighted by atomic mass is 16.5. The van der Waals surface area contributed by atoms with Gasteiger partial charge in [0.25, 0.3) is 0 Å². The van der Waals surface area contributed by atoms with Crippen LogP contribution in [0.4, 0.5) is 0 Å². The number of rotatable bonds is 8. The van der Waals surface area contributed by atoms with Gasteiger partial charge in [0.15, 0.2) is 0 Å². The molecule has 25 heavy (non-hydrogen) atoms. The van der Waals surface area contributed by atoms with Crippen molar-refractivity contribution in [1.29, 1.82) is 0 Å². The number of hydrogen-bond acceptors (Lipinski definition) is 3. The van der Waals surface area contributed by atoms with Gasteiger partial charge in [-0.25, -0.2) is 0 Å². The zero-order valence-electron chi connectivity index (χ0n) is 17.0. The predicted octanol–water partition coefficient (Wildman–Crippen LogP) is 5.25. The standard InChI is InChI=1S/C22H38N2O/c1-6-7-8-9-14-24-15-13-22(4,18(2)17-24)21-12-10-11-20(16-21)19(3)23(5)25/h10-12,16,18-19,25H,6-9,13-15,17H2,1-5H3. The minimum atomic E-state index is 0.0255. The fourth-order valence-corrected chi connectivity index (χ4v) is 4.08. The van der Waals surface area contributed by atoms with Gasteiger partial charge in [-0.05, 0) is 55.3 Å². The van der Waals surface area contributed by atoms with E-state index in [4.69, 9.17) is 0 Å². The molecule has 1 aliphatic rings. The van der Waals surface area contributed by atoms with Gasteiger partial charge in [-0.2, -0.15) is 5.06 Å². The molecule has 1 aromatic rings. The topological polar surface area (TPSA) is 26.7 Å². The molecule has 0 saturated carbocycles. The first-order valence-electron chi connectivity index (χ1n) is 10.1. The highest BCUT2D eigenvalue weighted by molar-refractivity contribution is 5.32. The number of unbranched alkanes of at least 4 members (excludes halogenated alkanes) is 3. The lowest BCUT2D eigenvalue weighted by Crippen LogP contribution is -2.47. The van der Waals surface area contributed by atoms with Gasteiger partial charge >= 0.3 is 0 Å². The van der Waals surface area contributed by atoms with E-state index in [0.717, 1.165) is 0 Å². The molecule has 2 rings (SSSR count). The summed E-state index contributed by atoms with van der Waals surface area (Å²) in [5.41, 5.74) is 2.85. The van der Waals surface area contributed by atoms with Crippen LogP contribution in [0.25, 0.3) is 0 Å². The summed E-state index contributed by atoms with van der Waals surface area (Å²) in [4.78, 5) is 2.66. The molecule has 1 saturated heterocycles. The molecule has 1 aromatic carbocycles. The number of nitrogens with zero attached hydrogens (tertiary/aromatic N) is 2. The molecule has 0 bridgehead atoms. The number of hydroxylamine groups is 2. The molecule has 0 amide bonds. The maximum atomic E-state index is 9.77. The second-order valence-corrected chi connectivity index (χ2v) is 8.30. The fraction of sp³-hybridized carbons (Fsp3) is 0.727. The Bertz CT molecular complexity index is 531. The second-order valence-electron chi connectivity index (χ2n) is 8.30. The Kier molecular flexibility index (Phi) is 7.48. The molecule has 3 unspecified atom stereocenters. The van der Waals surface area contributed by atoms with Crippen molar-refractivity contribution in [3.05, 3.63) is 35.4 Å². The molecule has 1 fully saturated rings. The average Bonchev–Trinajstić information content (AvgIpc) is 2.61. The van der Waals surface area contributed by atoms with Crippen LogP contribution in [0, 0.1) is 5.92 Å². The molecule has 3 atom stereocenters. The van der Waals surface area contributed by atoms with E-state index in [1.165, 1.54) is 67.9 Å². The van der Waals surface area contributed by atoms with Crippen LogP contribution in [-0.2, 0) is 5.41 Å². The van der Waals surface area contributed by atoms with Crippen LogP contribution in [0.3, 0.4) is 0 Å². The summed E-state index contributed by atoms with van der Waals surface area (Å²) in [6.45, 7) is 12.8. The molecule has 3 heteroatoms. The van der Waals surface area contributed by atoms with Crippen molar-refractivity contribution in [2.45, 2.75) is 71.3 Å². The predicted molar refractivity (Wildman–Crippen MR) is 106 cm³/mol. The van der Waals surface area contributed by atoms with E-state index in [1.54, 1.807) is 7.05 Å². The lowest BCUT2D eigenvalue weighted by Gasteiger charge is -2.45. The minimum absolute atomic E-state index is 0.0255. The largest absolute Gasteiger partial charge is 0.314 e. The Labute approximate surface area is 155 Å². The van der Waals surface area contributed by atoms with E-state index in [0.29, 0.717) is 5.92 Å². The van der Waals surface area contributed by atoms with E-state index in [1.807, 2.05) is 6.92 Å². The average molecular weight is 347 g/mol. The Morgan fingerprint density at radius 3 is 2.72 bits per heavy atom. The number of likely N-dealkylation sites (tertiary alicyclic amines) is 1. The lowest BCUT2D eigenvalue weighted by molar-refractivity contribution is -0.0984. The van der Waals surface area contributed by atoms with Crippen molar-refractivity contribution < 1.29 is 5.21 Å². The molecule has 1 aliphatic heterocycles. The molecule has 0 radical (unpaired) electrons. The van der Waals surface area contributed by atoms with Crippen molar-refractivity contribution in [3.63, 3.8) is 0 Å². The van der Waals surface area contributed by atoms with E-state index < -0.39 is 0 Å². The molecule has 1 heterocycles. The van der Waals surface area contributed by atoms with Gasteiger partial charge in [0.1, 0.15) is 0 Å². The number of piperidine rings is 1. The molecule has 0 spiro atoms. The van der Waals surface area contributed by atoms with E-state index >= 15 is 0 Å². The normalized spacial score (nSPS) is 26.1. The number of benzene rings is 1. The highest BCUT2D eigenvalue weighted by Crippen LogP contribution is 2.40. The number of hydrogen-bond donors (Lipinski definition) is 1. The fourth-order valence-electron chi connectivity index (χ4n) is 4.08. The second kappa shape index (κ2) is 9.16. The third-order valence-electron chi connectivity index (χ3n) is 6.48. The van der Waals surface area contributed by atoms with Crippen molar-refractivity contribution in [2.75, 3.05) is 26.7 Å². The SMILES string of the molecule is CCCCCCN1CCC(C)(c2cccc(C(C)N(C)O)c2)C(C)C1. The summed E-state index contributed by atoms with van der Waals surface area (Å²) in [6.07, 6.45) is 6.60. The van der Waals surface area contributed by atoms with Crippen LogP contribution in [0.1, 0.15) is 77.0 Å². The summed E-state index contributed by atoms with van der Waals surface area (Å²) in [5.74, 6) is 0.643. The Hall–Kier alpha value is -0.900. The van der Waals surface area contributed by atoms with Crippen LogP contribution in [-0.4, -0.2) is 41.9 Å². The molecular weight excluding hydrogens is 308 g/mol. The Balaban J connectivity index is 2.03. The van der Waals surface area contributed by atoms with Gasteiger partial charge in [-0.1, -0.05) is 64.3 Å². The van der Waals surface area contributed by atoms with Crippen LogP contribution in [0.5, 0.6) is 0 Å². The third kappa shape index (κ3) is 5.06.